The van der Waals surface area contributed by atoms with Crippen LogP contribution in [0.1, 0.15) is 28.9 Å². The zero-order chi connectivity index (χ0) is 31.6. The molecule has 4 rings (SSSR count). The first kappa shape index (κ1) is 30.7. The molecule has 0 spiro atoms. The first-order valence-corrected chi connectivity index (χ1v) is 13.6. The standard InChI is InChI=1S/C27H26N4O11S/c1-12(32)42-10-15-11-43-25-20(24(38)31(25)21(15)26(39)40)28-22(36)19(13-3-6-16(33)7-4-13)29-27(41)30(2)23(37)14-5-8-17(34)18(35)9-14/h3-9,19-20,25,33-35H,10-11H2,1-2H3,(H,28,36)(H,29,41)(H,39,40)/t19?,20?,25-/m0/s1. The lowest BCUT2D eigenvalue weighted by Gasteiger charge is -2.49. The van der Waals surface area contributed by atoms with Crippen LogP contribution in [0.2, 0.25) is 0 Å². The number of phenols is 3. The third-order valence-electron chi connectivity index (χ3n) is 6.59. The number of phenolic OH excluding ortho intramolecular Hbond substituents is 3. The van der Waals surface area contributed by atoms with Gasteiger partial charge in [0.25, 0.3) is 11.8 Å². The van der Waals surface area contributed by atoms with Gasteiger partial charge in [-0.25, -0.2) is 9.59 Å². The molecule has 0 aliphatic carbocycles. The Morgan fingerprint density at radius 2 is 1.74 bits per heavy atom. The number of β-lactam (4-membered cyclic amide) rings is 1. The summed E-state index contributed by atoms with van der Waals surface area (Å²) in [6.07, 6.45) is 0. The van der Waals surface area contributed by atoms with E-state index in [2.05, 4.69) is 10.6 Å². The Labute approximate surface area is 247 Å². The first-order valence-electron chi connectivity index (χ1n) is 12.5. The molecule has 0 aromatic heterocycles. The van der Waals surface area contributed by atoms with Crippen LogP contribution in [0.4, 0.5) is 4.79 Å². The topological polar surface area (TPSA) is 223 Å². The fourth-order valence-corrected chi connectivity index (χ4v) is 5.68. The number of rotatable bonds is 8. The zero-order valence-electron chi connectivity index (χ0n) is 22.6. The van der Waals surface area contributed by atoms with E-state index in [1.54, 1.807) is 0 Å². The van der Waals surface area contributed by atoms with E-state index in [0.717, 1.165) is 42.8 Å². The monoisotopic (exact) mass is 614 g/mol. The van der Waals surface area contributed by atoms with E-state index >= 15 is 0 Å². The lowest BCUT2D eigenvalue weighted by Crippen LogP contribution is -2.71. The number of thioether (sulfide) groups is 1. The fourth-order valence-electron chi connectivity index (χ4n) is 4.35. The third-order valence-corrected chi connectivity index (χ3v) is 7.92. The van der Waals surface area contributed by atoms with Gasteiger partial charge in [0.15, 0.2) is 11.5 Å². The number of nitrogens with zero attached hydrogens (tertiary/aromatic N) is 2. The van der Waals surface area contributed by atoms with Crippen LogP contribution in [0, 0.1) is 0 Å². The largest absolute Gasteiger partial charge is 0.508 e. The van der Waals surface area contributed by atoms with E-state index in [1.807, 2.05) is 0 Å². The van der Waals surface area contributed by atoms with Crippen molar-refractivity contribution in [3.8, 4) is 17.2 Å². The number of fused-ring (bicyclic) bond motifs is 1. The normalized spacial score (nSPS) is 18.1. The number of amides is 5. The number of ether oxygens (including phenoxy) is 1. The number of aliphatic carboxylic acids is 1. The number of hydrogen-bond donors (Lipinski definition) is 6. The number of carboxylic acids is 1. The van der Waals surface area contributed by atoms with Gasteiger partial charge in [-0.1, -0.05) is 12.1 Å². The Morgan fingerprint density at radius 1 is 1.07 bits per heavy atom. The molecule has 6 N–H and O–H groups in total. The quantitative estimate of drug-likeness (QED) is 0.137. The van der Waals surface area contributed by atoms with Gasteiger partial charge >= 0.3 is 18.0 Å². The summed E-state index contributed by atoms with van der Waals surface area (Å²) in [5, 5.41) is 42.8. The van der Waals surface area contributed by atoms with Gasteiger partial charge in [-0.3, -0.25) is 29.0 Å². The van der Waals surface area contributed by atoms with Crippen molar-refractivity contribution in [1.82, 2.24) is 20.4 Å². The molecule has 2 aromatic carbocycles. The van der Waals surface area contributed by atoms with Crippen molar-refractivity contribution in [2.75, 3.05) is 19.4 Å². The third kappa shape index (κ3) is 6.33. The second-order valence-electron chi connectivity index (χ2n) is 9.48. The van der Waals surface area contributed by atoms with Crippen molar-refractivity contribution < 1.29 is 53.9 Å². The fraction of sp³-hybridized carbons (Fsp3) is 0.259. The number of hydrogen-bond acceptors (Lipinski definition) is 11. The second-order valence-corrected chi connectivity index (χ2v) is 10.6. The predicted octanol–water partition coefficient (Wildman–Crippen LogP) is 0.628. The number of benzene rings is 2. The van der Waals surface area contributed by atoms with Crippen molar-refractivity contribution in [3.63, 3.8) is 0 Å². The molecule has 1 fully saturated rings. The van der Waals surface area contributed by atoms with Crippen molar-refractivity contribution >= 4 is 47.5 Å². The van der Waals surface area contributed by atoms with Crippen LogP contribution >= 0.6 is 11.8 Å². The van der Waals surface area contributed by atoms with Gasteiger partial charge in [0, 0.05) is 30.9 Å². The molecule has 2 heterocycles. The molecule has 2 aromatic rings. The highest BCUT2D eigenvalue weighted by atomic mass is 32.2. The van der Waals surface area contributed by atoms with Crippen LogP contribution in [-0.4, -0.2) is 96.7 Å². The Kier molecular flexibility index (Phi) is 8.80. The highest BCUT2D eigenvalue weighted by Crippen LogP contribution is 2.40. The maximum Gasteiger partial charge on any atom is 0.352 e. The highest BCUT2D eigenvalue weighted by molar-refractivity contribution is 8.00. The first-order chi connectivity index (χ1) is 20.3. The zero-order valence-corrected chi connectivity index (χ0v) is 23.5. The van der Waals surface area contributed by atoms with E-state index in [0.29, 0.717) is 4.90 Å². The average Bonchev–Trinajstić information content (AvgIpc) is 2.97. The molecule has 0 bridgehead atoms. The molecule has 5 amide bonds. The molecule has 2 aliphatic heterocycles. The Balaban J connectivity index is 1.53. The summed E-state index contributed by atoms with van der Waals surface area (Å²) >= 11 is 1.15. The smallest absolute Gasteiger partial charge is 0.352 e. The van der Waals surface area contributed by atoms with Crippen LogP contribution in [0.15, 0.2) is 53.7 Å². The SMILES string of the molecule is CC(=O)OCC1=C(C(=O)O)N2C(=O)C(NC(=O)C(NC(=O)N(C)C(=O)c3ccc(O)c(O)c3)c3ccc(O)cc3)[C@@H]2SC1. The molecule has 16 heteroatoms. The van der Waals surface area contributed by atoms with Crippen LogP contribution in [0.25, 0.3) is 0 Å². The van der Waals surface area contributed by atoms with Gasteiger partial charge in [0.05, 0.1) is 0 Å². The summed E-state index contributed by atoms with van der Waals surface area (Å²) in [4.78, 5) is 77.2. The molecular formula is C27H26N4O11S. The van der Waals surface area contributed by atoms with Crippen LogP contribution in [-0.2, 0) is 23.9 Å². The van der Waals surface area contributed by atoms with Crippen molar-refractivity contribution in [2.45, 2.75) is 24.4 Å². The predicted molar refractivity (Wildman–Crippen MR) is 148 cm³/mol. The van der Waals surface area contributed by atoms with E-state index in [9.17, 15) is 49.2 Å². The maximum atomic E-state index is 13.5. The van der Waals surface area contributed by atoms with Gasteiger partial charge in [0.1, 0.15) is 35.5 Å². The van der Waals surface area contributed by atoms with Gasteiger partial charge in [-0.15, -0.1) is 11.8 Å². The van der Waals surface area contributed by atoms with Crippen molar-refractivity contribution in [2.24, 2.45) is 0 Å². The minimum absolute atomic E-state index is 0.105. The molecule has 0 saturated carbocycles. The number of imide groups is 1. The molecule has 1 saturated heterocycles. The summed E-state index contributed by atoms with van der Waals surface area (Å²) in [5.41, 5.74) is -0.0832. The maximum absolute atomic E-state index is 13.5. The van der Waals surface area contributed by atoms with E-state index in [-0.39, 0.29) is 40.5 Å². The Morgan fingerprint density at radius 3 is 2.35 bits per heavy atom. The van der Waals surface area contributed by atoms with E-state index in [1.165, 1.54) is 30.3 Å². The summed E-state index contributed by atoms with van der Waals surface area (Å²) in [6, 6.07) is 4.73. The number of carboxylic acid groups (broad SMARTS) is 1. The minimum Gasteiger partial charge on any atom is -0.508 e. The average molecular weight is 615 g/mol. The number of nitrogens with one attached hydrogen (secondary N) is 2. The molecule has 2 unspecified atom stereocenters. The Hall–Kier alpha value is -5.25. The van der Waals surface area contributed by atoms with Crippen LogP contribution < -0.4 is 10.6 Å². The minimum atomic E-state index is -1.47. The second kappa shape index (κ2) is 12.3. The van der Waals surface area contributed by atoms with Gasteiger partial charge in [-0.05, 0) is 35.9 Å². The number of aromatic hydroxyl groups is 3. The van der Waals surface area contributed by atoms with Crippen LogP contribution in [0.3, 0.4) is 0 Å². The van der Waals surface area contributed by atoms with E-state index in [4.69, 9.17) is 4.74 Å². The number of carbonyl (C=O) groups is 6. The van der Waals surface area contributed by atoms with Gasteiger partial charge in [-0.2, -0.15) is 0 Å². The molecule has 3 atom stereocenters. The highest BCUT2D eigenvalue weighted by Gasteiger charge is 2.54. The number of esters is 1. The summed E-state index contributed by atoms with van der Waals surface area (Å²) in [5.74, 6) is -5.60. The van der Waals surface area contributed by atoms with Gasteiger partial charge < -0.3 is 35.8 Å². The number of urea groups is 1. The molecule has 0 radical (unpaired) electrons. The Bertz CT molecular complexity index is 1540. The van der Waals surface area contributed by atoms with E-state index < -0.39 is 64.6 Å². The lowest BCUT2D eigenvalue weighted by molar-refractivity contribution is -0.151. The van der Waals surface area contributed by atoms with Crippen LogP contribution in [0.5, 0.6) is 17.2 Å². The van der Waals surface area contributed by atoms with Crippen molar-refractivity contribution in [1.29, 1.82) is 0 Å². The molecule has 43 heavy (non-hydrogen) atoms. The molecule has 226 valence electrons. The lowest BCUT2D eigenvalue weighted by atomic mass is 10.0. The molecular weight excluding hydrogens is 588 g/mol. The molecule has 2 aliphatic rings. The van der Waals surface area contributed by atoms with Gasteiger partial charge in [0.2, 0.25) is 5.91 Å². The molecule has 15 nitrogen and oxygen atoms in total. The summed E-state index contributed by atoms with van der Waals surface area (Å²) in [7, 11) is 1.12. The van der Waals surface area contributed by atoms with Crippen molar-refractivity contribution in [3.05, 3.63) is 64.9 Å². The number of carbonyl (C=O) groups excluding carboxylic acids is 5. The summed E-state index contributed by atoms with van der Waals surface area (Å²) < 4.78 is 4.91. The summed E-state index contributed by atoms with van der Waals surface area (Å²) in [6.45, 7) is 0.845.